The Morgan fingerprint density at radius 2 is 2.04 bits per heavy atom. The molecule has 6 nitrogen and oxygen atoms in total. The zero-order chi connectivity index (χ0) is 17.4. The lowest BCUT2D eigenvalue weighted by Gasteiger charge is -2.43. The molecule has 0 aliphatic carbocycles. The third kappa shape index (κ3) is 3.07. The molecule has 2 aromatic rings. The van der Waals surface area contributed by atoms with Gasteiger partial charge in [-0.15, -0.1) is 10.2 Å². The van der Waals surface area contributed by atoms with Crippen LogP contribution in [0.3, 0.4) is 0 Å². The molecule has 25 heavy (non-hydrogen) atoms. The van der Waals surface area contributed by atoms with Gasteiger partial charge in [0.1, 0.15) is 5.75 Å². The van der Waals surface area contributed by atoms with Crippen molar-refractivity contribution in [2.24, 2.45) is 0 Å². The Morgan fingerprint density at radius 1 is 1.16 bits per heavy atom. The van der Waals surface area contributed by atoms with Gasteiger partial charge in [-0.25, -0.2) is 0 Å². The van der Waals surface area contributed by atoms with Crippen molar-refractivity contribution in [3.63, 3.8) is 0 Å². The Hall–Kier alpha value is -2.18. The number of anilines is 1. The molecule has 0 unspecified atom stereocenters. The summed E-state index contributed by atoms with van der Waals surface area (Å²) in [7, 11) is 0. The standard InChI is InChI=1S/C19H23N3O3/c1-12-9-13(2)19(16(23)10-12)14-3-4-18(21-20-14)22-6-8-25-17-5-7-24-11-15(17)22/h3-4,9-10,15,17,23H,5-8,11H2,1-2H3/t15-,17+/m0/s1. The molecular weight excluding hydrogens is 318 g/mol. The van der Waals surface area contributed by atoms with Crippen LogP contribution in [0.1, 0.15) is 17.5 Å². The van der Waals surface area contributed by atoms with Gasteiger partial charge in [-0.1, -0.05) is 6.07 Å². The lowest BCUT2D eigenvalue weighted by atomic mass is 10.0. The minimum absolute atomic E-state index is 0.192. The molecule has 1 N–H and O–H groups in total. The molecule has 0 radical (unpaired) electrons. The van der Waals surface area contributed by atoms with Crippen LogP contribution in [-0.4, -0.2) is 53.8 Å². The number of hydrogen-bond donors (Lipinski definition) is 1. The van der Waals surface area contributed by atoms with Crippen LogP contribution in [0, 0.1) is 13.8 Å². The number of ether oxygens (including phenoxy) is 2. The van der Waals surface area contributed by atoms with E-state index in [0.717, 1.165) is 42.1 Å². The van der Waals surface area contributed by atoms with Crippen LogP contribution in [0.15, 0.2) is 24.3 Å². The Labute approximate surface area is 147 Å². The van der Waals surface area contributed by atoms with Crippen molar-refractivity contribution in [3.05, 3.63) is 35.4 Å². The van der Waals surface area contributed by atoms with Crippen LogP contribution in [0.5, 0.6) is 5.75 Å². The number of phenols is 1. The first-order valence-electron chi connectivity index (χ1n) is 8.74. The number of rotatable bonds is 2. The maximum Gasteiger partial charge on any atom is 0.151 e. The summed E-state index contributed by atoms with van der Waals surface area (Å²) in [6.45, 7) is 6.84. The van der Waals surface area contributed by atoms with E-state index in [2.05, 4.69) is 15.1 Å². The monoisotopic (exact) mass is 341 g/mol. The highest BCUT2D eigenvalue weighted by atomic mass is 16.5. The number of benzene rings is 1. The number of nitrogens with zero attached hydrogens (tertiary/aromatic N) is 3. The zero-order valence-corrected chi connectivity index (χ0v) is 14.6. The molecule has 4 rings (SSSR count). The second-order valence-corrected chi connectivity index (χ2v) is 6.79. The summed E-state index contributed by atoms with van der Waals surface area (Å²) in [4.78, 5) is 2.23. The summed E-state index contributed by atoms with van der Waals surface area (Å²) in [6.07, 6.45) is 1.12. The molecule has 3 heterocycles. The fourth-order valence-electron chi connectivity index (χ4n) is 3.83. The lowest BCUT2D eigenvalue weighted by Crippen LogP contribution is -2.56. The Bertz CT molecular complexity index is 738. The highest BCUT2D eigenvalue weighted by Gasteiger charge is 2.35. The average molecular weight is 341 g/mol. The van der Waals surface area contributed by atoms with Crippen LogP contribution >= 0.6 is 0 Å². The summed E-state index contributed by atoms with van der Waals surface area (Å²) < 4.78 is 11.5. The van der Waals surface area contributed by atoms with E-state index in [4.69, 9.17) is 9.47 Å². The van der Waals surface area contributed by atoms with Crippen LogP contribution in [-0.2, 0) is 9.47 Å². The summed E-state index contributed by atoms with van der Waals surface area (Å²) in [6, 6.07) is 7.88. The molecule has 2 aliphatic heterocycles. The molecule has 2 saturated heterocycles. The molecule has 6 heteroatoms. The van der Waals surface area contributed by atoms with Gasteiger partial charge in [0.05, 0.1) is 31.1 Å². The van der Waals surface area contributed by atoms with Gasteiger partial charge in [0.2, 0.25) is 0 Å². The van der Waals surface area contributed by atoms with Gasteiger partial charge in [-0.2, -0.15) is 0 Å². The Morgan fingerprint density at radius 3 is 2.80 bits per heavy atom. The van der Waals surface area contributed by atoms with Gasteiger partial charge in [0.25, 0.3) is 0 Å². The predicted octanol–water partition coefficient (Wildman–Crippen LogP) is 2.46. The number of fused-ring (bicyclic) bond motifs is 1. The van der Waals surface area contributed by atoms with Crippen molar-refractivity contribution in [2.45, 2.75) is 32.4 Å². The normalized spacial score (nSPS) is 23.4. The molecule has 0 spiro atoms. The fraction of sp³-hybridized carbons (Fsp3) is 0.474. The van der Waals surface area contributed by atoms with E-state index in [-0.39, 0.29) is 17.9 Å². The largest absolute Gasteiger partial charge is 0.507 e. The Kier molecular flexibility index (Phi) is 4.31. The molecule has 0 saturated carbocycles. The van der Waals surface area contributed by atoms with E-state index >= 15 is 0 Å². The van der Waals surface area contributed by atoms with Crippen molar-refractivity contribution in [2.75, 3.05) is 31.3 Å². The summed E-state index contributed by atoms with van der Waals surface area (Å²) in [5.74, 6) is 1.07. The third-order valence-corrected chi connectivity index (χ3v) is 4.99. The van der Waals surface area contributed by atoms with E-state index in [1.807, 2.05) is 32.0 Å². The fourth-order valence-corrected chi connectivity index (χ4v) is 3.83. The van der Waals surface area contributed by atoms with E-state index < -0.39 is 0 Å². The van der Waals surface area contributed by atoms with E-state index in [9.17, 15) is 5.11 Å². The maximum atomic E-state index is 10.3. The van der Waals surface area contributed by atoms with Crippen molar-refractivity contribution < 1.29 is 14.6 Å². The second-order valence-electron chi connectivity index (χ2n) is 6.79. The third-order valence-electron chi connectivity index (χ3n) is 4.99. The molecule has 2 aliphatic rings. The number of aromatic hydroxyl groups is 1. The predicted molar refractivity (Wildman–Crippen MR) is 94.9 cm³/mol. The SMILES string of the molecule is Cc1cc(C)c(-c2ccc(N3CCO[C@@H]4CCOC[C@@H]43)nn2)c(O)c1. The van der Waals surface area contributed by atoms with E-state index in [1.54, 1.807) is 6.07 Å². The molecule has 0 amide bonds. The van der Waals surface area contributed by atoms with Gasteiger partial charge >= 0.3 is 0 Å². The van der Waals surface area contributed by atoms with Crippen molar-refractivity contribution in [1.29, 1.82) is 0 Å². The molecule has 1 aromatic heterocycles. The molecule has 0 bridgehead atoms. The molecular formula is C19H23N3O3. The quantitative estimate of drug-likeness (QED) is 0.905. The number of hydrogen-bond acceptors (Lipinski definition) is 6. The van der Waals surface area contributed by atoms with Crippen molar-refractivity contribution >= 4 is 5.82 Å². The lowest BCUT2D eigenvalue weighted by molar-refractivity contribution is -0.0655. The van der Waals surface area contributed by atoms with Crippen molar-refractivity contribution in [1.82, 2.24) is 10.2 Å². The first kappa shape index (κ1) is 16.3. The smallest absolute Gasteiger partial charge is 0.151 e. The highest BCUT2D eigenvalue weighted by Crippen LogP contribution is 2.33. The number of aryl methyl sites for hydroxylation is 2. The first-order chi connectivity index (χ1) is 12.1. The summed E-state index contributed by atoms with van der Waals surface area (Å²) >= 11 is 0. The highest BCUT2D eigenvalue weighted by molar-refractivity contribution is 5.71. The van der Waals surface area contributed by atoms with Crippen LogP contribution in [0.2, 0.25) is 0 Å². The van der Waals surface area contributed by atoms with Gasteiger partial charge in [-0.3, -0.25) is 0 Å². The maximum absolute atomic E-state index is 10.3. The average Bonchev–Trinajstić information content (AvgIpc) is 2.61. The van der Waals surface area contributed by atoms with Gasteiger partial charge < -0.3 is 19.5 Å². The first-order valence-corrected chi connectivity index (χ1v) is 8.74. The van der Waals surface area contributed by atoms with E-state index in [1.165, 1.54) is 0 Å². The topological polar surface area (TPSA) is 67.7 Å². The number of phenolic OH excluding ortho intramolecular Hbond substituents is 1. The molecule has 2 fully saturated rings. The zero-order valence-electron chi connectivity index (χ0n) is 14.6. The van der Waals surface area contributed by atoms with Crippen LogP contribution < -0.4 is 4.90 Å². The summed E-state index contributed by atoms with van der Waals surface area (Å²) in [5.41, 5.74) is 3.45. The van der Waals surface area contributed by atoms with E-state index in [0.29, 0.717) is 18.9 Å². The van der Waals surface area contributed by atoms with Crippen LogP contribution in [0.25, 0.3) is 11.3 Å². The van der Waals surface area contributed by atoms with Gasteiger partial charge in [-0.05, 0) is 49.6 Å². The molecule has 1 aromatic carbocycles. The number of aromatic nitrogens is 2. The Balaban J connectivity index is 1.62. The number of morpholine rings is 1. The van der Waals surface area contributed by atoms with Gasteiger partial charge in [0, 0.05) is 18.7 Å². The molecule has 132 valence electrons. The van der Waals surface area contributed by atoms with Crippen LogP contribution in [0.4, 0.5) is 5.82 Å². The minimum atomic E-state index is 0.192. The minimum Gasteiger partial charge on any atom is -0.507 e. The second kappa shape index (κ2) is 6.61. The molecule has 2 atom stereocenters. The van der Waals surface area contributed by atoms with Crippen molar-refractivity contribution in [3.8, 4) is 17.0 Å². The summed E-state index contributed by atoms with van der Waals surface area (Å²) in [5, 5.41) is 19.1. The van der Waals surface area contributed by atoms with Gasteiger partial charge in [0.15, 0.2) is 5.82 Å².